The summed E-state index contributed by atoms with van der Waals surface area (Å²) in [5.74, 6) is 0.888. The van der Waals surface area contributed by atoms with E-state index in [0.717, 1.165) is 18.8 Å². The summed E-state index contributed by atoms with van der Waals surface area (Å²) < 4.78 is 0. The summed E-state index contributed by atoms with van der Waals surface area (Å²) in [4.78, 5) is 2.68. The van der Waals surface area contributed by atoms with Gasteiger partial charge in [-0.2, -0.15) is 0 Å². The van der Waals surface area contributed by atoms with Crippen molar-refractivity contribution in [3.63, 3.8) is 0 Å². The minimum atomic E-state index is -0.0602. The summed E-state index contributed by atoms with van der Waals surface area (Å²) in [7, 11) is 0. The fraction of sp³-hybridized carbons (Fsp3) is 1.00. The van der Waals surface area contributed by atoms with E-state index in [1.807, 2.05) is 0 Å². The van der Waals surface area contributed by atoms with Crippen LogP contribution in [0, 0.1) is 11.3 Å². The second-order valence-corrected chi connectivity index (χ2v) is 6.84. The molecule has 2 aliphatic rings. The van der Waals surface area contributed by atoms with E-state index >= 15 is 0 Å². The molecule has 1 saturated heterocycles. The van der Waals surface area contributed by atoms with Gasteiger partial charge < -0.3 is 5.11 Å². The largest absolute Gasteiger partial charge is 0.393 e. The molecule has 1 N–H and O–H groups in total. The Hall–Kier alpha value is -0.0800. The number of piperidine rings is 1. The Kier molecular flexibility index (Phi) is 4.14. The lowest BCUT2D eigenvalue weighted by Gasteiger charge is -2.49. The summed E-state index contributed by atoms with van der Waals surface area (Å²) in [6, 6.07) is 0.598. The van der Waals surface area contributed by atoms with Gasteiger partial charge in [-0.25, -0.2) is 0 Å². The van der Waals surface area contributed by atoms with E-state index in [2.05, 4.69) is 25.7 Å². The number of hydrogen-bond acceptors (Lipinski definition) is 2. The molecule has 0 amide bonds. The molecule has 2 heteroatoms. The van der Waals surface area contributed by atoms with Gasteiger partial charge in [0.1, 0.15) is 0 Å². The van der Waals surface area contributed by atoms with Crippen LogP contribution in [0.2, 0.25) is 0 Å². The molecule has 1 saturated carbocycles. The molecule has 100 valence electrons. The third-order valence-electron chi connectivity index (χ3n) is 5.09. The Morgan fingerprint density at radius 2 is 2.06 bits per heavy atom. The van der Waals surface area contributed by atoms with Crippen molar-refractivity contribution in [3.8, 4) is 0 Å². The highest BCUT2D eigenvalue weighted by molar-refractivity contribution is 4.94. The highest BCUT2D eigenvalue weighted by Crippen LogP contribution is 2.40. The quantitative estimate of drug-likeness (QED) is 0.800. The van der Waals surface area contributed by atoms with Gasteiger partial charge in [0, 0.05) is 12.6 Å². The maximum atomic E-state index is 9.94. The van der Waals surface area contributed by atoms with Crippen LogP contribution in [-0.4, -0.2) is 35.2 Å². The maximum absolute atomic E-state index is 9.94. The van der Waals surface area contributed by atoms with Crippen LogP contribution in [0.4, 0.5) is 0 Å². The summed E-state index contributed by atoms with van der Waals surface area (Å²) in [5, 5.41) is 9.94. The van der Waals surface area contributed by atoms with Crippen LogP contribution in [0.15, 0.2) is 0 Å². The highest BCUT2D eigenvalue weighted by Gasteiger charge is 2.40. The fourth-order valence-corrected chi connectivity index (χ4v) is 3.76. The van der Waals surface area contributed by atoms with Crippen molar-refractivity contribution < 1.29 is 5.11 Å². The normalized spacial score (nSPS) is 39.2. The lowest BCUT2D eigenvalue weighted by atomic mass is 9.71. The predicted molar refractivity (Wildman–Crippen MR) is 72.0 cm³/mol. The van der Waals surface area contributed by atoms with Gasteiger partial charge in [-0.15, -0.1) is 0 Å². The molecule has 2 fully saturated rings. The Bertz CT molecular complexity index is 251. The molecule has 3 atom stereocenters. The van der Waals surface area contributed by atoms with Crippen molar-refractivity contribution in [2.45, 2.75) is 71.4 Å². The first kappa shape index (κ1) is 13.4. The topological polar surface area (TPSA) is 23.5 Å². The van der Waals surface area contributed by atoms with Crippen molar-refractivity contribution in [2.75, 3.05) is 13.1 Å². The molecule has 0 spiro atoms. The number of aliphatic hydroxyl groups is 1. The molecule has 0 aromatic rings. The molecule has 0 bridgehead atoms. The lowest BCUT2D eigenvalue weighted by molar-refractivity contribution is -0.0274. The minimum absolute atomic E-state index is 0.0602. The fourth-order valence-electron chi connectivity index (χ4n) is 3.76. The van der Waals surface area contributed by atoms with Gasteiger partial charge in [0.25, 0.3) is 0 Å². The van der Waals surface area contributed by atoms with Gasteiger partial charge in [-0.05, 0) is 50.0 Å². The van der Waals surface area contributed by atoms with E-state index < -0.39 is 0 Å². The lowest BCUT2D eigenvalue weighted by Crippen LogP contribution is -2.53. The molecule has 3 unspecified atom stereocenters. The zero-order valence-electron chi connectivity index (χ0n) is 11.8. The van der Waals surface area contributed by atoms with Crippen LogP contribution in [0.5, 0.6) is 0 Å². The summed E-state index contributed by atoms with van der Waals surface area (Å²) >= 11 is 0. The zero-order chi connectivity index (χ0) is 12.5. The minimum Gasteiger partial charge on any atom is -0.393 e. The Morgan fingerprint density at radius 1 is 1.29 bits per heavy atom. The first-order chi connectivity index (χ1) is 8.03. The van der Waals surface area contributed by atoms with Crippen LogP contribution < -0.4 is 0 Å². The van der Waals surface area contributed by atoms with E-state index in [1.54, 1.807) is 0 Å². The maximum Gasteiger partial charge on any atom is 0.0555 e. The standard InChI is InChI=1S/C15H29NO/c1-4-12-6-5-9-16(11-12)14-10-13(17)7-8-15(14,2)3/h12-14,17H,4-11H2,1-3H3. The third-order valence-corrected chi connectivity index (χ3v) is 5.09. The van der Waals surface area contributed by atoms with Crippen LogP contribution in [0.25, 0.3) is 0 Å². The molecule has 17 heavy (non-hydrogen) atoms. The van der Waals surface area contributed by atoms with Crippen LogP contribution in [0.1, 0.15) is 59.3 Å². The van der Waals surface area contributed by atoms with Crippen molar-refractivity contribution in [2.24, 2.45) is 11.3 Å². The summed E-state index contributed by atoms with van der Waals surface area (Å²) in [6.07, 6.45) is 7.16. The molecule has 0 aromatic heterocycles. The molecule has 0 aromatic carbocycles. The number of rotatable bonds is 2. The first-order valence-corrected chi connectivity index (χ1v) is 7.45. The number of likely N-dealkylation sites (tertiary alicyclic amines) is 1. The van der Waals surface area contributed by atoms with E-state index in [1.165, 1.54) is 38.8 Å². The molecule has 1 aliphatic carbocycles. The van der Waals surface area contributed by atoms with E-state index in [4.69, 9.17) is 0 Å². The SMILES string of the molecule is CCC1CCCN(C2CC(O)CCC2(C)C)C1. The van der Waals surface area contributed by atoms with E-state index in [-0.39, 0.29) is 6.10 Å². The van der Waals surface area contributed by atoms with Crippen molar-refractivity contribution >= 4 is 0 Å². The van der Waals surface area contributed by atoms with Crippen LogP contribution in [0.3, 0.4) is 0 Å². The molecule has 1 aliphatic heterocycles. The second kappa shape index (κ2) is 5.27. The molecular formula is C15H29NO. The van der Waals surface area contributed by atoms with Gasteiger partial charge in [0.2, 0.25) is 0 Å². The van der Waals surface area contributed by atoms with Gasteiger partial charge >= 0.3 is 0 Å². The van der Waals surface area contributed by atoms with Gasteiger partial charge in [-0.1, -0.05) is 27.2 Å². The Labute approximate surface area is 106 Å². The number of hydrogen-bond donors (Lipinski definition) is 1. The monoisotopic (exact) mass is 239 g/mol. The smallest absolute Gasteiger partial charge is 0.0555 e. The second-order valence-electron chi connectivity index (χ2n) is 6.84. The van der Waals surface area contributed by atoms with E-state index in [9.17, 15) is 5.11 Å². The van der Waals surface area contributed by atoms with Crippen LogP contribution >= 0.6 is 0 Å². The Morgan fingerprint density at radius 3 is 2.76 bits per heavy atom. The average Bonchev–Trinajstić information content (AvgIpc) is 2.32. The van der Waals surface area contributed by atoms with E-state index in [0.29, 0.717) is 11.5 Å². The highest BCUT2D eigenvalue weighted by atomic mass is 16.3. The third kappa shape index (κ3) is 3.03. The van der Waals surface area contributed by atoms with Crippen molar-refractivity contribution in [1.82, 2.24) is 4.90 Å². The first-order valence-electron chi connectivity index (χ1n) is 7.45. The zero-order valence-corrected chi connectivity index (χ0v) is 11.8. The molecular weight excluding hydrogens is 210 g/mol. The summed E-state index contributed by atoms with van der Waals surface area (Å²) in [6.45, 7) is 9.60. The Balaban J connectivity index is 2.03. The predicted octanol–water partition coefficient (Wildman–Crippen LogP) is 3.05. The molecule has 1 heterocycles. The molecule has 2 rings (SSSR count). The van der Waals surface area contributed by atoms with Crippen molar-refractivity contribution in [3.05, 3.63) is 0 Å². The number of aliphatic hydroxyl groups excluding tert-OH is 1. The average molecular weight is 239 g/mol. The van der Waals surface area contributed by atoms with Crippen molar-refractivity contribution in [1.29, 1.82) is 0 Å². The van der Waals surface area contributed by atoms with Gasteiger partial charge in [-0.3, -0.25) is 4.90 Å². The molecule has 0 radical (unpaired) electrons. The summed E-state index contributed by atoms with van der Waals surface area (Å²) in [5.41, 5.74) is 0.384. The van der Waals surface area contributed by atoms with Gasteiger partial charge in [0.15, 0.2) is 0 Å². The van der Waals surface area contributed by atoms with Crippen LogP contribution in [-0.2, 0) is 0 Å². The number of nitrogens with zero attached hydrogens (tertiary/aromatic N) is 1. The van der Waals surface area contributed by atoms with Gasteiger partial charge in [0.05, 0.1) is 6.10 Å². The molecule has 2 nitrogen and oxygen atoms in total.